The zero-order chi connectivity index (χ0) is 22.6. The van der Waals surface area contributed by atoms with Gasteiger partial charge in [0.25, 0.3) is 0 Å². The van der Waals surface area contributed by atoms with Gasteiger partial charge in [-0.25, -0.2) is 4.79 Å². The van der Waals surface area contributed by atoms with Gasteiger partial charge in [0.2, 0.25) is 0 Å². The summed E-state index contributed by atoms with van der Waals surface area (Å²) < 4.78 is 21.5. The summed E-state index contributed by atoms with van der Waals surface area (Å²) in [4.78, 5) is 29.5. The average molecular weight is 444 g/mol. The first kappa shape index (κ1) is 26.2. The van der Waals surface area contributed by atoms with Gasteiger partial charge < -0.3 is 34.6 Å². The maximum Gasteiger partial charge on any atom is 0.350 e. The second-order valence-electron chi connectivity index (χ2n) is 6.83. The number of allylic oxidation sites excluding steroid dienone is 4. The molecule has 1 heterocycles. The molecule has 1 unspecified atom stereocenters. The van der Waals surface area contributed by atoms with Crippen LogP contribution in [0, 0.1) is 0 Å². The number of carbonyl (C=O) groups excluding carboxylic acids is 1. The molecule has 0 aromatic carbocycles. The van der Waals surface area contributed by atoms with E-state index in [1.807, 2.05) is 0 Å². The van der Waals surface area contributed by atoms with Crippen molar-refractivity contribution in [2.45, 2.75) is 43.7 Å². The molecular formula is C20H29O9P. The SMILES string of the molecule is C[C@@](O)(C=C[C@H]1CC=CC(=O)O1)C(C[C@@H](O)C=CC=CC=CCO)OCP(=O)(O)O. The van der Waals surface area contributed by atoms with E-state index in [1.54, 1.807) is 30.4 Å². The van der Waals surface area contributed by atoms with Gasteiger partial charge in [0.1, 0.15) is 18.1 Å². The Bertz CT molecular complexity index is 731. The minimum atomic E-state index is -4.50. The second-order valence-corrected chi connectivity index (χ2v) is 8.42. The number of aliphatic hydroxyl groups excluding tert-OH is 2. The van der Waals surface area contributed by atoms with E-state index in [0.29, 0.717) is 6.42 Å². The molecule has 0 saturated carbocycles. The van der Waals surface area contributed by atoms with E-state index in [1.165, 1.54) is 37.3 Å². The van der Waals surface area contributed by atoms with Crippen molar-refractivity contribution in [2.75, 3.05) is 13.0 Å². The third-order valence-corrected chi connectivity index (χ3v) is 4.48. The Morgan fingerprint density at radius 2 is 2.03 bits per heavy atom. The number of aliphatic hydroxyl groups is 3. The van der Waals surface area contributed by atoms with Crippen molar-refractivity contribution in [3.05, 3.63) is 60.8 Å². The van der Waals surface area contributed by atoms with Crippen molar-refractivity contribution in [3.63, 3.8) is 0 Å². The molecule has 0 aliphatic carbocycles. The van der Waals surface area contributed by atoms with E-state index in [-0.39, 0.29) is 13.0 Å². The lowest BCUT2D eigenvalue weighted by atomic mass is 9.92. The lowest BCUT2D eigenvalue weighted by molar-refractivity contribution is -0.141. The molecule has 0 bridgehead atoms. The molecule has 0 radical (unpaired) electrons. The highest BCUT2D eigenvalue weighted by Crippen LogP contribution is 2.36. The molecule has 4 atom stereocenters. The van der Waals surface area contributed by atoms with Gasteiger partial charge in [-0.05, 0) is 13.0 Å². The summed E-state index contributed by atoms with van der Waals surface area (Å²) in [7, 11) is -4.50. The largest absolute Gasteiger partial charge is 0.455 e. The third kappa shape index (κ3) is 11.4. The van der Waals surface area contributed by atoms with Crippen molar-refractivity contribution in [1.29, 1.82) is 0 Å². The first-order valence-electron chi connectivity index (χ1n) is 9.27. The lowest BCUT2D eigenvalue weighted by Crippen LogP contribution is -2.42. The van der Waals surface area contributed by atoms with Crippen molar-refractivity contribution < 1.29 is 43.9 Å². The molecular weight excluding hydrogens is 415 g/mol. The molecule has 0 fully saturated rings. The first-order valence-corrected chi connectivity index (χ1v) is 11.1. The normalized spacial score (nSPS) is 22.2. The van der Waals surface area contributed by atoms with Gasteiger partial charge in [-0.2, -0.15) is 0 Å². The van der Waals surface area contributed by atoms with E-state index < -0.39 is 43.8 Å². The monoisotopic (exact) mass is 444 g/mol. The number of hydrogen-bond acceptors (Lipinski definition) is 7. The van der Waals surface area contributed by atoms with Crippen LogP contribution < -0.4 is 0 Å². The van der Waals surface area contributed by atoms with Gasteiger partial charge in [0.15, 0.2) is 0 Å². The van der Waals surface area contributed by atoms with Gasteiger partial charge in [-0.1, -0.05) is 48.6 Å². The molecule has 9 nitrogen and oxygen atoms in total. The molecule has 168 valence electrons. The van der Waals surface area contributed by atoms with Gasteiger partial charge >= 0.3 is 13.6 Å². The Labute approximate surface area is 175 Å². The van der Waals surface area contributed by atoms with Crippen LogP contribution in [0.15, 0.2) is 60.8 Å². The summed E-state index contributed by atoms with van der Waals surface area (Å²) in [6.45, 7) is 1.28. The number of carbonyl (C=O) groups is 1. The zero-order valence-electron chi connectivity index (χ0n) is 16.7. The number of esters is 1. The highest BCUT2D eigenvalue weighted by molar-refractivity contribution is 7.51. The van der Waals surface area contributed by atoms with E-state index in [4.69, 9.17) is 24.4 Å². The summed E-state index contributed by atoms with van der Waals surface area (Å²) in [6.07, 6.45) is 11.6. The fourth-order valence-electron chi connectivity index (χ4n) is 2.48. The molecule has 10 heteroatoms. The molecule has 5 N–H and O–H groups in total. The van der Waals surface area contributed by atoms with Gasteiger partial charge in [0, 0.05) is 18.9 Å². The Hall–Kier alpha value is -1.84. The first-order chi connectivity index (χ1) is 14.0. The molecule has 0 saturated heterocycles. The molecule has 1 rings (SSSR count). The number of ether oxygens (including phenoxy) is 2. The summed E-state index contributed by atoms with van der Waals surface area (Å²) in [5.41, 5.74) is -1.71. The van der Waals surface area contributed by atoms with Crippen LogP contribution in [-0.2, 0) is 18.8 Å². The maximum atomic E-state index is 11.3. The summed E-state index contributed by atoms with van der Waals surface area (Å²) in [6, 6.07) is 0. The fraction of sp³-hybridized carbons (Fsp3) is 0.450. The highest BCUT2D eigenvalue weighted by atomic mass is 31.2. The summed E-state index contributed by atoms with van der Waals surface area (Å²) in [5, 5.41) is 29.6. The van der Waals surface area contributed by atoms with Crippen LogP contribution in [0.2, 0.25) is 0 Å². The Kier molecular flexibility index (Phi) is 11.1. The number of hydrogen-bond donors (Lipinski definition) is 5. The van der Waals surface area contributed by atoms with Crippen LogP contribution in [0.25, 0.3) is 0 Å². The van der Waals surface area contributed by atoms with Crippen LogP contribution in [0.1, 0.15) is 19.8 Å². The quantitative estimate of drug-likeness (QED) is 0.129. The number of rotatable bonds is 12. The van der Waals surface area contributed by atoms with Crippen molar-refractivity contribution >= 4 is 13.6 Å². The van der Waals surface area contributed by atoms with Crippen LogP contribution in [-0.4, -0.2) is 67.9 Å². The standard InChI is InChI=1S/C20H29O9P/c1-20(24,12-11-17-9-7-10-19(23)29-17)18(28-15-30(25,26)27)14-16(22)8-5-3-2-4-6-13-21/h2-8,10-12,16-18,21-22,24H,9,13-15H2,1H3,(H2,25,26,27)/t16-,17+,18?,20+/m0/s1. The second kappa shape index (κ2) is 12.8. The van der Waals surface area contributed by atoms with Gasteiger partial charge in [0.05, 0.1) is 18.8 Å². The Morgan fingerprint density at radius 3 is 2.67 bits per heavy atom. The van der Waals surface area contributed by atoms with Crippen molar-refractivity contribution in [3.8, 4) is 0 Å². The van der Waals surface area contributed by atoms with Crippen LogP contribution in [0.4, 0.5) is 0 Å². The van der Waals surface area contributed by atoms with Crippen LogP contribution in [0.3, 0.4) is 0 Å². The minimum Gasteiger partial charge on any atom is -0.455 e. The van der Waals surface area contributed by atoms with E-state index >= 15 is 0 Å². The van der Waals surface area contributed by atoms with Gasteiger partial charge in [-0.15, -0.1) is 0 Å². The molecule has 0 aromatic rings. The molecule has 30 heavy (non-hydrogen) atoms. The number of cyclic esters (lactones) is 1. The van der Waals surface area contributed by atoms with E-state index in [0.717, 1.165) is 0 Å². The van der Waals surface area contributed by atoms with Gasteiger partial charge in [-0.3, -0.25) is 4.57 Å². The topological polar surface area (TPSA) is 154 Å². The zero-order valence-corrected chi connectivity index (χ0v) is 17.5. The molecule has 1 aliphatic heterocycles. The predicted molar refractivity (Wildman–Crippen MR) is 110 cm³/mol. The molecule has 0 spiro atoms. The Balaban J connectivity index is 2.83. The summed E-state index contributed by atoms with van der Waals surface area (Å²) in [5.74, 6) is -0.507. The molecule has 0 amide bonds. The fourth-order valence-corrected chi connectivity index (χ4v) is 2.86. The Morgan fingerprint density at radius 1 is 1.33 bits per heavy atom. The van der Waals surface area contributed by atoms with Crippen LogP contribution >= 0.6 is 7.60 Å². The van der Waals surface area contributed by atoms with E-state index in [9.17, 15) is 19.6 Å². The maximum absolute atomic E-state index is 11.3. The van der Waals surface area contributed by atoms with Crippen LogP contribution in [0.5, 0.6) is 0 Å². The highest BCUT2D eigenvalue weighted by Gasteiger charge is 2.34. The average Bonchev–Trinajstić information content (AvgIpc) is 2.65. The molecule has 0 aromatic heterocycles. The predicted octanol–water partition coefficient (Wildman–Crippen LogP) is 1.10. The lowest BCUT2D eigenvalue weighted by Gasteiger charge is -2.32. The van der Waals surface area contributed by atoms with E-state index in [2.05, 4.69) is 0 Å². The molecule has 1 aliphatic rings. The smallest absolute Gasteiger partial charge is 0.350 e. The minimum absolute atomic E-state index is 0.0891. The summed E-state index contributed by atoms with van der Waals surface area (Å²) >= 11 is 0. The van der Waals surface area contributed by atoms with Crippen molar-refractivity contribution in [1.82, 2.24) is 0 Å². The van der Waals surface area contributed by atoms with Crippen molar-refractivity contribution in [2.24, 2.45) is 0 Å². The third-order valence-electron chi connectivity index (χ3n) is 4.00.